The van der Waals surface area contributed by atoms with E-state index in [0.29, 0.717) is 25.7 Å². The van der Waals surface area contributed by atoms with Gasteiger partial charge < -0.3 is 44.1 Å². The molecule has 0 aromatic heterocycles. The highest BCUT2D eigenvalue weighted by Crippen LogP contribution is 2.38. The zero-order chi connectivity index (χ0) is 41.6. The normalized spacial score (nSPS) is 40.1. The molecule has 15 atom stereocenters. The molecular weight excluding hydrogens is 741 g/mol. The molecule has 3 saturated heterocycles. The number of esters is 1. The quantitative estimate of drug-likeness (QED) is 0.122. The van der Waals surface area contributed by atoms with Crippen LogP contribution in [0.25, 0.3) is 0 Å². The average molecular weight is 807 g/mol. The number of carboxylic acid groups (broad SMARTS) is 1. The van der Waals surface area contributed by atoms with Gasteiger partial charge in [0.2, 0.25) is 0 Å². The minimum Gasteiger partial charge on any atom is -0.481 e. The molecule has 0 aromatic carbocycles. The Kier molecular flexibility index (Phi) is 18.0. The number of aliphatic hydroxyl groups is 3. The van der Waals surface area contributed by atoms with Crippen LogP contribution in [0.2, 0.25) is 0 Å². The van der Waals surface area contributed by atoms with Crippen LogP contribution >= 0.6 is 0 Å². The number of unbranched alkanes of at least 4 members (excludes halogenated alkanes) is 1. The highest BCUT2D eigenvalue weighted by Gasteiger charge is 2.45. The standard InChI is InChI=1S/C47H66O11/c1-30(17-14-15-23-44(50)51)27-31(2)47-40-26-25-34(54-47)18-10-6-5-7-11-19-35(48)46(53)43-28-36(49)32(3)37(56-43)21-16-22-38-33(4)41-29-42(55-38)39(57-41)20-12-8-9-13-24-45(52)58-40/h6,8-13,16,19-20,22,24-27,30,32-43,46-49,53H,5,7,14-15,17-18,21,23,28-29H2,1-4H3,(H,50,51)/b9-8?,10-6+,19-11+,20-12?,22-16?,24-13-,31-27+. The van der Waals surface area contributed by atoms with Crippen molar-refractivity contribution in [2.24, 2.45) is 17.8 Å². The first-order chi connectivity index (χ1) is 27.9. The highest BCUT2D eigenvalue weighted by molar-refractivity contribution is 5.82. The SMILES string of the molecule is C/C(=C\C(C)CCCCC(=O)O)C1OC2C=CC1OC(=O)/C=C\C=CC=CC1OC3CC1OC(C=CCC1OC(CC(O)C1C)C(O)C(O)/C=C/CC/C=C/C2)C3C. The molecule has 0 aliphatic carbocycles. The Balaban J connectivity index is 1.29. The Bertz CT molecular complexity index is 1570. The fourth-order valence-electron chi connectivity index (χ4n) is 8.38. The molecule has 7 bridgehead atoms. The number of hydrogen-bond donors (Lipinski definition) is 4. The fourth-order valence-corrected chi connectivity index (χ4v) is 8.38. The smallest absolute Gasteiger partial charge is 0.331 e. The second kappa shape index (κ2) is 22.8. The first-order valence-corrected chi connectivity index (χ1v) is 21.3. The van der Waals surface area contributed by atoms with Crippen molar-refractivity contribution in [1.29, 1.82) is 0 Å². The maximum Gasteiger partial charge on any atom is 0.331 e. The molecule has 6 heterocycles. The number of hydrogen-bond acceptors (Lipinski definition) is 10. The Morgan fingerprint density at radius 2 is 1.53 bits per heavy atom. The van der Waals surface area contributed by atoms with E-state index in [4.69, 9.17) is 28.8 Å². The molecule has 0 aromatic rings. The molecule has 6 aliphatic heterocycles. The number of allylic oxidation sites excluding steroid dienone is 7. The largest absolute Gasteiger partial charge is 0.481 e. The molecule has 11 nitrogen and oxygen atoms in total. The maximum absolute atomic E-state index is 13.0. The monoisotopic (exact) mass is 806 g/mol. The van der Waals surface area contributed by atoms with Gasteiger partial charge >= 0.3 is 11.9 Å². The van der Waals surface area contributed by atoms with E-state index in [1.54, 1.807) is 18.2 Å². The average Bonchev–Trinajstić information content (AvgIpc) is 3.54. The van der Waals surface area contributed by atoms with Crippen molar-refractivity contribution < 1.29 is 53.7 Å². The number of carbonyl (C=O) groups is 2. The number of aliphatic carboxylic acids is 1. The van der Waals surface area contributed by atoms with Crippen LogP contribution in [0.4, 0.5) is 0 Å². The molecule has 15 unspecified atom stereocenters. The number of carboxylic acids is 1. The second-order valence-electron chi connectivity index (χ2n) is 16.6. The molecule has 0 amide bonds. The first kappa shape index (κ1) is 45.7. The van der Waals surface area contributed by atoms with E-state index in [-0.39, 0.29) is 67.2 Å². The Hall–Kier alpha value is -3.42. The Morgan fingerprint density at radius 1 is 0.759 bits per heavy atom. The highest BCUT2D eigenvalue weighted by atomic mass is 16.6. The lowest BCUT2D eigenvalue weighted by Gasteiger charge is -2.40. The first-order valence-electron chi connectivity index (χ1n) is 21.3. The van der Waals surface area contributed by atoms with E-state index < -0.39 is 48.6 Å². The molecule has 4 N–H and O–H groups in total. The van der Waals surface area contributed by atoms with Crippen molar-refractivity contribution in [2.75, 3.05) is 0 Å². The van der Waals surface area contributed by atoms with Crippen molar-refractivity contribution in [3.63, 3.8) is 0 Å². The van der Waals surface area contributed by atoms with Crippen LogP contribution in [0.5, 0.6) is 0 Å². The van der Waals surface area contributed by atoms with Crippen LogP contribution in [-0.4, -0.2) is 106 Å². The van der Waals surface area contributed by atoms with E-state index in [9.17, 15) is 24.9 Å². The molecule has 0 saturated carbocycles. The third-order valence-corrected chi connectivity index (χ3v) is 12.0. The third kappa shape index (κ3) is 13.6. The van der Waals surface area contributed by atoms with Crippen molar-refractivity contribution in [1.82, 2.24) is 0 Å². The molecule has 6 aliphatic rings. The van der Waals surface area contributed by atoms with Crippen LogP contribution < -0.4 is 0 Å². The summed E-state index contributed by atoms with van der Waals surface area (Å²) >= 11 is 0. The maximum atomic E-state index is 13.0. The molecule has 11 heteroatoms. The van der Waals surface area contributed by atoms with Gasteiger partial charge in [-0.15, -0.1) is 0 Å². The predicted octanol–water partition coefficient (Wildman–Crippen LogP) is 6.80. The van der Waals surface area contributed by atoms with E-state index in [2.05, 4.69) is 32.1 Å². The molecule has 3 fully saturated rings. The van der Waals surface area contributed by atoms with E-state index >= 15 is 0 Å². The molecule has 58 heavy (non-hydrogen) atoms. The van der Waals surface area contributed by atoms with Gasteiger partial charge in [-0.05, 0) is 63.0 Å². The van der Waals surface area contributed by atoms with Crippen molar-refractivity contribution >= 4 is 11.9 Å². The number of carbonyl (C=O) groups excluding carboxylic acids is 1. The van der Waals surface area contributed by atoms with E-state index in [1.807, 2.05) is 62.5 Å². The molecule has 0 radical (unpaired) electrons. The van der Waals surface area contributed by atoms with Crippen molar-refractivity contribution in [3.8, 4) is 0 Å². The van der Waals surface area contributed by atoms with Crippen molar-refractivity contribution in [3.05, 3.63) is 96.7 Å². The summed E-state index contributed by atoms with van der Waals surface area (Å²) in [4.78, 5) is 23.9. The summed E-state index contributed by atoms with van der Waals surface area (Å²) in [5, 5.41) is 41.7. The molecule has 320 valence electrons. The summed E-state index contributed by atoms with van der Waals surface area (Å²) < 4.78 is 31.5. The summed E-state index contributed by atoms with van der Waals surface area (Å²) in [7, 11) is 0. The van der Waals surface area contributed by atoms with Gasteiger partial charge in [0.25, 0.3) is 0 Å². The molecule has 6 rings (SSSR count). The predicted molar refractivity (Wildman–Crippen MR) is 222 cm³/mol. The van der Waals surface area contributed by atoms with Gasteiger partial charge in [-0.1, -0.05) is 106 Å². The lowest BCUT2D eigenvalue weighted by Crippen LogP contribution is -2.50. The summed E-state index contributed by atoms with van der Waals surface area (Å²) in [5.74, 6) is -1.09. The summed E-state index contributed by atoms with van der Waals surface area (Å²) in [6.45, 7) is 8.15. The van der Waals surface area contributed by atoms with E-state index in [1.165, 1.54) is 6.08 Å². The lowest BCUT2D eigenvalue weighted by molar-refractivity contribution is -0.175. The van der Waals surface area contributed by atoms with E-state index in [0.717, 1.165) is 31.3 Å². The van der Waals surface area contributed by atoms with Gasteiger partial charge in [0.15, 0.2) is 6.10 Å². The summed E-state index contributed by atoms with van der Waals surface area (Å²) in [6.07, 6.45) is 28.3. The third-order valence-electron chi connectivity index (χ3n) is 12.0. The van der Waals surface area contributed by atoms with Gasteiger partial charge in [-0.25, -0.2) is 4.79 Å². The van der Waals surface area contributed by atoms with Crippen molar-refractivity contribution in [2.45, 2.75) is 165 Å². The van der Waals surface area contributed by atoms with Crippen LogP contribution in [0.1, 0.15) is 91.9 Å². The second-order valence-corrected chi connectivity index (χ2v) is 16.6. The number of aliphatic hydroxyl groups excluding tert-OH is 3. The minimum atomic E-state index is -1.18. The van der Waals surface area contributed by atoms with Gasteiger partial charge in [0.1, 0.15) is 24.4 Å². The van der Waals surface area contributed by atoms with Crippen LogP contribution in [-0.2, 0) is 33.3 Å². The van der Waals surface area contributed by atoms with Crippen LogP contribution in [0.3, 0.4) is 0 Å². The number of ether oxygens (including phenoxy) is 5. The van der Waals surface area contributed by atoms with Gasteiger partial charge in [-0.3, -0.25) is 4.79 Å². The molecular formula is C47H66O11. The Labute approximate surface area is 344 Å². The zero-order valence-electron chi connectivity index (χ0n) is 34.5. The number of rotatable bonds is 7. The molecule has 0 spiro atoms. The number of fused-ring (bicyclic) bond motifs is 13. The van der Waals surface area contributed by atoms with Gasteiger partial charge in [0, 0.05) is 37.2 Å². The summed E-state index contributed by atoms with van der Waals surface area (Å²) in [5.41, 5.74) is 0.945. The lowest BCUT2D eigenvalue weighted by atomic mass is 9.85. The topological polar surface area (TPSA) is 161 Å². The van der Waals surface area contributed by atoms with Crippen LogP contribution in [0.15, 0.2) is 96.7 Å². The van der Waals surface area contributed by atoms with Gasteiger partial charge in [-0.2, -0.15) is 0 Å². The minimum absolute atomic E-state index is 0.0508. The zero-order valence-corrected chi connectivity index (χ0v) is 34.5. The fraction of sp³-hybridized carbons (Fsp3) is 0.617. The summed E-state index contributed by atoms with van der Waals surface area (Å²) in [6, 6.07) is 0. The Morgan fingerprint density at radius 3 is 2.34 bits per heavy atom. The van der Waals surface area contributed by atoms with Gasteiger partial charge in [0.05, 0.1) is 42.7 Å². The van der Waals surface area contributed by atoms with Crippen LogP contribution in [0, 0.1) is 17.8 Å².